The molecule has 0 saturated carbocycles. The number of rotatable bonds is 14. The van der Waals surface area contributed by atoms with Crippen LogP contribution in [0.5, 0.6) is 0 Å². The van der Waals surface area contributed by atoms with Gasteiger partial charge in [-0.05, 0) is 38.1 Å². The van der Waals surface area contributed by atoms with E-state index in [1.165, 1.54) is 77.0 Å². The fourth-order valence-corrected chi connectivity index (χ4v) is 2.26. The molecule has 0 amide bonds. The predicted molar refractivity (Wildman–Crippen MR) is 92.8 cm³/mol. The molecule has 0 aliphatic rings. The lowest BCUT2D eigenvalue weighted by Gasteiger charge is -2.06. The Bertz CT molecular complexity index is 206. The first-order valence-corrected chi connectivity index (χ1v) is 8.86. The van der Waals surface area contributed by atoms with Gasteiger partial charge in [-0.15, -0.1) is 0 Å². The molecule has 0 aliphatic heterocycles. The van der Waals surface area contributed by atoms with Crippen molar-refractivity contribution in [2.24, 2.45) is 0 Å². The predicted octanol–water partition coefficient (Wildman–Crippen LogP) is 6.67. The molecule has 20 heavy (non-hydrogen) atoms. The molecule has 0 rings (SSSR count). The summed E-state index contributed by atoms with van der Waals surface area (Å²) in [6, 6.07) is 0. The van der Waals surface area contributed by atoms with Crippen molar-refractivity contribution in [1.82, 2.24) is 4.90 Å². The Balaban J connectivity index is 3.39. The average molecular weight is 280 g/mol. The van der Waals surface area contributed by atoms with E-state index in [1.807, 2.05) is 0 Å². The lowest BCUT2D eigenvalue weighted by Crippen LogP contribution is -1.99. The largest absolute Gasteiger partial charge is 0.358 e. The number of unbranched alkanes of at least 4 members (excludes halogenated alkanes) is 10. The molecule has 0 heterocycles. The van der Waals surface area contributed by atoms with E-state index in [0.29, 0.717) is 0 Å². The summed E-state index contributed by atoms with van der Waals surface area (Å²) in [4.78, 5) is 2.18. The Kier molecular flexibility index (Phi) is 15.7. The van der Waals surface area contributed by atoms with Gasteiger partial charge in [-0.25, -0.2) is 0 Å². The number of allylic oxidation sites excluding steroid dienone is 2. The summed E-state index contributed by atoms with van der Waals surface area (Å²) in [5.74, 6) is 0. The summed E-state index contributed by atoms with van der Waals surface area (Å²) in [5.41, 5.74) is 0. The molecule has 0 aliphatic carbocycles. The van der Waals surface area contributed by atoms with E-state index in [0.717, 1.165) is 0 Å². The highest BCUT2D eigenvalue weighted by Crippen LogP contribution is 2.07. The van der Waals surface area contributed by atoms with Gasteiger partial charge < -0.3 is 4.90 Å². The van der Waals surface area contributed by atoms with Crippen LogP contribution in [-0.2, 0) is 0 Å². The van der Waals surface area contributed by atoms with Gasteiger partial charge in [-0.1, -0.05) is 77.4 Å². The maximum Gasteiger partial charge on any atom is 0.0106 e. The molecule has 0 unspecified atom stereocenters. The van der Waals surface area contributed by atoms with Crippen LogP contribution < -0.4 is 0 Å². The van der Waals surface area contributed by atoms with Crippen LogP contribution in [0.1, 0.15) is 90.9 Å². The van der Waals surface area contributed by atoms with Gasteiger partial charge >= 0.3 is 0 Å². The van der Waals surface area contributed by atoms with Crippen molar-refractivity contribution in [3.8, 4) is 0 Å². The van der Waals surface area contributed by atoms with E-state index in [2.05, 4.69) is 50.3 Å². The summed E-state index contributed by atoms with van der Waals surface area (Å²) >= 11 is 0. The van der Waals surface area contributed by atoms with Crippen LogP contribution in [0, 0.1) is 0 Å². The molecule has 118 valence electrons. The lowest BCUT2D eigenvalue weighted by molar-refractivity contribution is 0.602. The number of hydrogen-bond donors (Lipinski definition) is 0. The minimum absolute atomic E-state index is 1.22. The third-order valence-corrected chi connectivity index (χ3v) is 3.63. The summed E-state index contributed by atoms with van der Waals surface area (Å²) in [7, 11) is 2.13. The van der Waals surface area contributed by atoms with Gasteiger partial charge in [0.2, 0.25) is 0 Å². The second-order valence-corrected chi connectivity index (χ2v) is 5.84. The quantitative estimate of drug-likeness (QED) is 0.321. The normalized spacial score (nSPS) is 11.8. The Hall–Kier alpha value is -0.720. The summed E-state index contributed by atoms with van der Waals surface area (Å²) in [6.45, 7) is 4.54. The first kappa shape index (κ1) is 19.3. The standard InChI is InChI=1S/C19H37N/c1-4-6-8-10-12-14-16-18-20(3)19-17-15-13-11-9-7-5-2/h16-19H,4-15H2,1-3H3. The number of hydrogen-bond acceptors (Lipinski definition) is 1. The zero-order valence-corrected chi connectivity index (χ0v) is 14.2. The fourth-order valence-electron chi connectivity index (χ4n) is 2.26. The topological polar surface area (TPSA) is 3.24 Å². The molecule has 0 bridgehead atoms. The van der Waals surface area contributed by atoms with Gasteiger partial charge in [0, 0.05) is 7.05 Å². The molecular weight excluding hydrogens is 242 g/mol. The van der Waals surface area contributed by atoms with Crippen LogP contribution in [0.2, 0.25) is 0 Å². The minimum atomic E-state index is 1.22. The van der Waals surface area contributed by atoms with E-state index in [9.17, 15) is 0 Å². The average Bonchev–Trinajstić information content (AvgIpc) is 2.45. The Morgan fingerprint density at radius 1 is 0.600 bits per heavy atom. The van der Waals surface area contributed by atoms with Gasteiger partial charge in [0.15, 0.2) is 0 Å². The van der Waals surface area contributed by atoms with Gasteiger partial charge in [0.25, 0.3) is 0 Å². The van der Waals surface area contributed by atoms with Crippen LogP contribution in [0.15, 0.2) is 24.6 Å². The molecule has 0 aromatic heterocycles. The van der Waals surface area contributed by atoms with Crippen molar-refractivity contribution in [3.63, 3.8) is 0 Å². The SMILES string of the molecule is CCCCCCCC=CN(C)C=CCCCCCCC. The second-order valence-electron chi connectivity index (χ2n) is 5.84. The van der Waals surface area contributed by atoms with Gasteiger partial charge in [-0.2, -0.15) is 0 Å². The van der Waals surface area contributed by atoms with Crippen molar-refractivity contribution in [2.45, 2.75) is 90.9 Å². The monoisotopic (exact) mass is 279 g/mol. The van der Waals surface area contributed by atoms with Gasteiger partial charge in [0.1, 0.15) is 0 Å². The van der Waals surface area contributed by atoms with E-state index < -0.39 is 0 Å². The Morgan fingerprint density at radius 2 is 1.00 bits per heavy atom. The second kappa shape index (κ2) is 16.3. The molecule has 0 aromatic carbocycles. The highest BCUT2D eigenvalue weighted by molar-refractivity contribution is 4.90. The highest BCUT2D eigenvalue weighted by Gasteiger charge is 1.88. The molecule has 0 atom stereocenters. The molecule has 1 nitrogen and oxygen atoms in total. The van der Waals surface area contributed by atoms with Gasteiger partial charge in [0.05, 0.1) is 0 Å². The summed E-state index contributed by atoms with van der Waals surface area (Å²) < 4.78 is 0. The zero-order valence-electron chi connectivity index (χ0n) is 14.2. The first-order valence-electron chi connectivity index (χ1n) is 8.86. The summed E-state index contributed by atoms with van der Waals surface area (Å²) in [5, 5.41) is 0. The highest BCUT2D eigenvalue weighted by atomic mass is 15.0. The molecule has 1 heteroatoms. The fraction of sp³-hybridized carbons (Fsp3) is 0.789. The van der Waals surface area contributed by atoms with Crippen LogP contribution in [-0.4, -0.2) is 11.9 Å². The van der Waals surface area contributed by atoms with Crippen molar-refractivity contribution in [3.05, 3.63) is 24.6 Å². The molecule has 0 saturated heterocycles. The van der Waals surface area contributed by atoms with Crippen LogP contribution in [0.4, 0.5) is 0 Å². The molecule has 0 fully saturated rings. The van der Waals surface area contributed by atoms with E-state index in [-0.39, 0.29) is 0 Å². The summed E-state index contributed by atoms with van der Waals surface area (Å²) in [6.07, 6.45) is 25.2. The van der Waals surface area contributed by atoms with Crippen LogP contribution in [0.3, 0.4) is 0 Å². The Labute approximate surface area is 128 Å². The maximum absolute atomic E-state index is 2.30. The maximum atomic E-state index is 2.30. The minimum Gasteiger partial charge on any atom is -0.358 e. The number of nitrogens with zero attached hydrogens (tertiary/aromatic N) is 1. The third-order valence-electron chi connectivity index (χ3n) is 3.63. The third kappa shape index (κ3) is 15.3. The van der Waals surface area contributed by atoms with Crippen molar-refractivity contribution >= 4 is 0 Å². The van der Waals surface area contributed by atoms with E-state index >= 15 is 0 Å². The van der Waals surface area contributed by atoms with Crippen molar-refractivity contribution < 1.29 is 0 Å². The van der Waals surface area contributed by atoms with Crippen LogP contribution >= 0.6 is 0 Å². The van der Waals surface area contributed by atoms with E-state index in [1.54, 1.807) is 0 Å². The molecule has 0 spiro atoms. The molecule has 0 N–H and O–H groups in total. The van der Waals surface area contributed by atoms with Crippen molar-refractivity contribution in [2.75, 3.05) is 7.05 Å². The smallest absolute Gasteiger partial charge is 0.0106 e. The molecule has 0 radical (unpaired) electrons. The Morgan fingerprint density at radius 3 is 1.40 bits per heavy atom. The van der Waals surface area contributed by atoms with Gasteiger partial charge in [-0.3, -0.25) is 0 Å². The van der Waals surface area contributed by atoms with Crippen molar-refractivity contribution in [1.29, 1.82) is 0 Å². The van der Waals surface area contributed by atoms with Crippen LogP contribution in [0.25, 0.3) is 0 Å². The van der Waals surface area contributed by atoms with E-state index in [4.69, 9.17) is 0 Å². The molecular formula is C19H37N. The first-order chi connectivity index (χ1) is 9.81. The lowest BCUT2D eigenvalue weighted by atomic mass is 10.1. The zero-order chi connectivity index (χ0) is 14.9. The molecule has 0 aromatic rings.